The zero-order valence-corrected chi connectivity index (χ0v) is 9.94. The van der Waals surface area contributed by atoms with Gasteiger partial charge in [-0.25, -0.2) is 0 Å². The molecule has 0 radical (unpaired) electrons. The highest BCUT2D eigenvalue weighted by molar-refractivity contribution is 9.10. The van der Waals surface area contributed by atoms with Gasteiger partial charge in [0.15, 0.2) is 0 Å². The van der Waals surface area contributed by atoms with E-state index in [0.717, 1.165) is 10.2 Å². The van der Waals surface area contributed by atoms with Crippen molar-refractivity contribution >= 4 is 27.5 Å². The first kappa shape index (κ1) is 10.8. The molecule has 1 amide bonds. The third kappa shape index (κ3) is 2.67. The molecule has 1 aromatic heterocycles. The van der Waals surface area contributed by atoms with Gasteiger partial charge in [-0.05, 0) is 30.3 Å². The quantitative estimate of drug-likeness (QED) is 0.916. The maximum Gasteiger partial charge on any atom is 0.255 e. The number of benzene rings is 1. The van der Waals surface area contributed by atoms with Crippen molar-refractivity contribution < 1.29 is 4.79 Å². The Hall–Kier alpha value is -1.68. The molecule has 2 rings (SSSR count). The van der Waals surface area contributed by atoms with Crippen LogP contribution in [0.4, 0.5) is 5.69 Å². The number of rotatable bonds is 2. The molecule has 2 aromatic rings. The number of carbonyl (C=O) groups excluding carboxylic acids is 1. The molecule has 16 heavy (non-hydrogen) atoms. The van der Waals surface area contributed by atoms with Gasteiger partial charge in [0, 0.05) is 28.1 Å². The Morgan fingerprint density at radius 2 is 1.94 bits per heavy atom. The van der Waals surface area contributed by atoms with Crippen LogP contribution in [0.15, 0.2) is 53.3 Å². The van der Waals surface area contributed by atoms with Crippen molar-refractivity contribution in [2.24, 2.45) is 0 Å². The van der Waals surface area contributed by atoms with Gasteiger partial charge in [0.25, 0.3) is 5.91 Å². The first-order valence-electron chi connectivity index (χ1n) is 4.72. The third-order valence-electron chi connectivity index (χ3n) is 2.02. The standard InChI is InChI=1S/C12H9BrN2O/c13-10-2-1-3-11(8-10)15-12(16)9-4-6-14-7-5-9/h1-8H,(H,15,16). The number of pyridine rings is 1. The summed E-state index contributed by atoms with van der Waals surface area (Å²) in [6.45, 7) is 0. The highest BCUT2D eigenvalue weighted by atomic mass is 79.9. The summed E-state index contributed by atoms with van der Waals surface area (Å²) < 4.78 is 0.931. The van der Waals surface area contributed by atoms with E-state index in [-0.39, 0.29) is 5.91 Å². The molecular weight excluding hydrogens is 268 g/mol. The van der Waals surface area contributed by atoms with Gasteiger partial charge in [0.1, 0.15) is 0 Å². The molecular formula is C12H9BrN2O. The molecule has 0 unspecified atom stereocenters. The van der Waals surface area contributed by atoms with Gasteiger partial charge in [-0.3, -0.25) is 9.78 Å². The van der Waals surface area contributed by atoms with Crippen molar-refractivity contribution in [3.8, 4) is 0 Å². The fourth-order valence-electron chi connectivity index (χ4n) is 1.27. The first-order chi connectivity index (χ1) is 7.75. The molecule has 0 aliphatic carbocycles. The smallest absolute Gasteiger partial charge is 0.255 e. The van der Waals surface area contributed by atoms with Crippen molar-refractivity contribution in [3.05, 3.63) is 58.8 Å². The number of nitrogens with one attached hydrogen (secondary N) is 1. The Kier molecular flexibility index (Phi) is 3.31. The summed E-state index contributed by atoms with van der Waals surface area (Å²) in [7, 11) is 0. The average Bonchev–Trinajstić information content (AvgIpc) is 2.30. The average molecular weight is 277 g/mol. The number of carbonyl (C=O) groups is 1. The fraction of sp³-hybridized carbons (Fsp3) is 0. The molecule has 80 valence electrons. The number of nitrogens with zero attached hydrogens (tertiary/aromatic N) is 1. The second-order valence-corrected chi connectivity index (χ2v) is 4.12. The zero-order valence-electron chi connectivity index (χ0n) is 8.35. The monoisotopic (exact) mass is 276 g/mol. The minimum Gasteiger partial charge on any atom is -0.322 e. The van der Waals surface area contributed by atoms with Crippen LogP contribution in [-0.2, 0) is 0 Å². The lowest BCUT2D eigenvalue weighted by Crippen LogP contribution is -2.11. The van der Waals surface area contributed by atoms with Crippen LogP contribution in [0.2, 0.25) is 0 Å². The van der Waals surface area contributed by atoms with Crippen LogP contribution in [0.25, 0.3) is 0 Å². The van der Waals surface area contributed by atoms with Crippen LogP contribution in [0.3, 0.4) is 0 Å². The Balaban J connectivity index is 2.14. The summed E-state index contributed by atoms with van der Waals surface area (Å²) in [4.78, 5) is 15.6. The minimum absolute atomic E-state index is 0.138. The van der Waals surface area contributed by atoms with E-state index in [4.69, 9.17) is 0 Å². The largest absolute Gasteiger partial charge is 0.322 e. The summed E-state index contributed by atoms with van der Waals surface area (Å²) >= 11 is 3.35. The molecule has 0 bridgehead atoms. The topological polar surface area (TPSA) is 42.0 Å². The predicted molar refractivity (Wildman–Crippen MR) is 66.3 cm³/mol. The predicted octanol–water partition coefficient (Wildman–Crippen LogP) is 3.10. The molecule has 0 atom stereocenters. The minimum atomic E-state index is -0.138. The normalized spacial score (nSPS) is 9.81. The zero-order chi connectivity index (χ0) is 11.4. The molecule has 0 saturated carbocycles. The fourth-order valence-corrected chi connectivity index (χ4v) is 1.67. The van der Waals surface area contributed by atoms with Gasteiger partial charge in [0.2, 0.25) is 0 Å². The van der Waals surface area contributed by atoms with Gasteiger partial charge >= 0.3 is 0 Å². The van der Waals surface area contributed by atoms with E-state index in [1.165, 1.54) is 0 Å². The van der Waals surface area contributed by atoms with E-state index >= 15 is 0 Å². The van der Waals surface area contributed by atoms with E-state index in [9.17, 15) is 4.79 Å². The first-order valence-corrected chi connectivity index (χ1v) is 5.52. The molecule has 0 aliphatic heterocycles. The SMILES string of the molecule is O=C(Nc1cccc(Br)c1)c1ccncc1. The molecule has 1 heterocycles. The lowest BCUT2D eigenvalue weighted by molar-refractivity contribution is 0.102. The van der Waals surface area contributed by atoms with Crippen molar-refractivity contribution in [1.82, 2.24) is 4.98 Å². The van der Waals surface area contributed by atoms with Gasteiger partial charge in [-0.1, -0.05) is 22.0 Å². The maximum absolute atomic E-state index is 11.8. The number of hydrogen-bond donors (Lipinski definition) is 1. The van der Waals surface area contributed by atoms with E-state index in [1.54, 1.807) is 24.5 Å². The number of aromatic nitrogens is 1. The summed E-state index contributed by atoms with van der Waals surface area (Å²) in [5.41, 5.74) is 1.35. The summed E-state index contributed by atoms with van der Waals surface area (Å²) in [5, 5.41) is 2.80. The van der Waals surface area contributed by atoms with Gasteiger partial charge in [0.05, 0.1) is 0 Å². The van der Waals surface area contributed by atoms with Crippen molar-refractivity contribution in [3.63, 3.8) is 0 Å². The molecule has 0 spiro atoms. The van der Waals surface area contributed by atoms with Crippen LogP contribution in [0.5, 0.6) is 0 Å². The summed E-state index contributed by atoms with van der Waals surface area (Å²) in [6, 6.07) is 10.8. The van der Waals surface area contributed by atoms with Gasteiger partial charge in [-0.2, -0.15) is 0 Å². The van der Waals surface area contributed by atoms with Crippen LogP contribution in [0, 0.1) is 0 Å². The molecule has 1 aromatic carbocycles. The second-order valence-electron chi connectivity index (χ2n) is 3.20. The van der Waals surface area contributed by atoms with Crippen LogP contribution in [-0.4, -0.2) is 10.9 Å². The molecule has 3 nitrogen and oxygen atoms in total. The molecule has 0 saturated heterocycles. The van der Waals surface area contributed by atoms with E-state index in [1.807, 2.05) is 24.3 Å². The van der Waals surface area contributed by atoms with Crippen molar-refractivity contribution in [2.75, 3.05) is 5.32 Å². The molecule has 0 fully saturated rings. The molecule has 1 N–H and O–H groups in total. The Morgan fingerprint density at radius 3 is 2.62 bits per heavy atom. The number of halogens is 1. The summed E-state index contributed by atoms with van der Waals surface area (Å²) in [6.07, 6.45) is 3.19. The Morgan fingerprint density at radius 1 is 1.19 bits per heavy atom. The lowest BCUT2D eigenvalue weighted by atomic mass is 10.2. The highest BCUT2D eigenvalue weighted by Crippen LogP contribution is 2.16. The highest BCUT2D eigenvalue weighted by Gasteiger charge is 2.04. The van der Waals surface area contributed by atoms with Gasteiger partial charge in [-0.15, -0.1) is 0 Å². The van der Waals surface area contributed by atoms with Crippen molar-refractivity contribution in [1.29, 1.82) is 0 Å². The van der Waals surface area contributed by atoms with Crippen LogP contribution in [0.1, 0.15) is 10.4 Å². The lowest BCUT2D eigenvalue weighted by Gasteiger charge is -2.04. The van der Waals surface area contributed by atoms with E-state index < -0.39 is 0 Å². The Labute approximate surface area is 102 Å². The van der Waals surface area contributed by atoms with Crippen LogP contribution >= 0.6 is 15.9 Å². The number of hydrogen-bond acceptors (Lipinski definition) is 2. The number of amides is 1. The second kappa shape index (κ2) is 4.90. The molecule has 0 aliphatic rings. The van der Waals surface area contributed by atoms with Crippen molar-refractivity contribution in [2.45, 2.75) is 0 Å². The number of anilines is 1. The van der Waals surface area contributed by atoms with E-state index in [0.29, 0.717) is 5.56 Å². The van der Waals surface area contributed by atoms with E-state index in [2.05, 4.69) is 26.2 Å². The maximum atomic E-state index is 11.8. The van der Waals surface area contributed by atoms with Gasteiger partial charge < -0.3 is 5.32 Å². The van der Waals surface area contributed by atoms with Crippen LogP contribution < -0.4 is 5.32 Å². The Bertz CT molecular complexity index is 499. The summed E-state index contributed by atoms with van der Waals surface area (Å²) in [5.74, 6) is -0.138. The third-order valence-corrected chi connectivity index (χ3v) is 2.52. The molecule has 4 heteroatoms.